The number of aliphatic hydroxyl groups excluding tert-OH is 1. The molecule has 0 saturated heterocycles. The average Bonchev–Trinajstić information content (AvgIpc) is 2.16. The molecule has 0 aromatic carbocycles. The third-order valence-corrected chi connectivity index (χ3v) is 2.59. The zero-order chi connectivity index (χ0) is 9.68. The number of rotatable bonds is 3. The Balaban J connectivity index is 2.26. The summed E-state index contributed by atoms with van der Waals surface area (Å²) in [5.41, 5.74) is 0. The quantitative estimate of drug-likeness (QED) is 0.637. The highest BCUT2D eigenvalue weighted by atomic mass is 16.3. The molecule has 0 heterocycles. The van der Waals surface area contributed by atoms with Gasteiger partial charge in [0.05, 0.1) is 6.10 Å². The summed E-state index contributed by atoms with van der Waals surface area (Å²) >= 11 is 0. The van der Waals surface area contributed by atoms with E-state index < -0.39 is 0 Å². The van der Waals surface area contributed by atoms with Crippen molar-refractivity contribution in [2.75, 3.05) is 6.54 Å². The molecule has 2 N–H and O–H groups in total. The second-order valence-corrected chi connectivity index (χ2v) is 3.56. The maximum atomic E-state index is 10.9. The van der Waals surface area contributed by atoms with Crippen molar-refractivity contribution in [2.24, 2.45) is 5.92 Å². The Morgan fingerprint density at radius 2 is 2.23 bits per heavy atom. The van der Waals surface area contributed by atoms with Crippen molar-refractivity contribution < 1.29 is 9.90 Å². The Kier molecular flexibility index (Phi) is 3.96. The summed E-state index contributed by atoms with van der Waals surface area (Å²) in [5.74, 6) is 0.0791. The Bertz CT molecular complexity index is 191. The summed E-state index contributed by atoms with van der Waals surface area (Å²) in [7, 11) is 0. The largest absolute Gasteiger partial charge is 0.393 e. The molecule has 1 aliphatic carbocycles. The molecule has 74 valence electrons. The normalized spacial score (nSPS) is 28.1. The van der Waals surface area contributed by atoms with Gasteiger partial charge in [-0.3, -0.25) is 4.79 Å². The van der Waals surface area contributed by atoms with Crippen molar-refractivity contribution in [1.82, 2.24) is 5.32 Å². The van der Waals surface area contributed by atoms with Crippen LogP contribution >= 0.6 is 0 Å². The van der Waals surface area contributed by atoms with Gasteiger partial charge >= 0.3 is 0 Å². The maximum Gasteiger partial charge on any atom is 0.243 e. The lowest BCUT2D eigenvalue weighted by Gasteiger charge is -2.27. The minimum atomic E-state index is -0.237. The monoisotopic (exact) mass is 183 g/mol. The molecule has 0 spiro atoms. The fourth-order valence-corrected chi connectivity index (χ4v) is 1.73. The summed E-state index contributed by atoms with van der Waals surface area (Å²) in [6, 6.07) is 0. The summed E-state index contributed by atoms with van der Waals surface area (Å²) in [4.78, 5) is 10.9. The summed E-state index contributed by atoms with van der Waals surface area (Å²) in [5, 5.41) is 12.3. The molecule has 2 atom stereocenters. The Labute approximate surface area is 78.8 Å². The van der Waals surface area contributed by atoms with Crippen LogP contribution in [0.2, 0.25) is 0 Å². The van der Waals surface area contributed by atoms with Crippen LogP contribution in [0.3, 0.4) is 0 Å². The first-order valence-electron chi connectivity index (χ1n) is 4.82. The van der Waals surface area contributed by atoms with E-state index in [1.165, 1.54) is 6.08 Å². The molecule has 1 rings (SSSR count). The standard InChI is InChI=1S/C10H17NO2/c1-2-10(13)11-7-8-5-3-4-6-9(8)12/h2,8-9,12H,1,3-7H2,(H,11,13)/t8-,9+/m0/s1. The van der Waals surface area contributed by atoms with E-state index >= 15 is 0 Å². The van der Waals surface area contributed by atoms with Gasteiger partial charge in [-0.25, -0.2) is 0 Å². The van der Waals surface area contributed by atoms with E-state index in [0.29, 0.717) is 6.54 Å². The van der Waals surface area contributed by atoms with Gasteiger partial charge in [-0.05, 0) is 18.9 Å². The molecule has 1 aliphatic rings. The van der Waals surface area contributed by atoms with Crippen molar-refractivity contribution in [1.29, 1.82) is 0 Å². The van der Waals surface area contributed by atoms with Gasteiger partial charge in [0.2, 0.25) is 5.91 Å². The highest BCUT2D eigenvalue weighted by Gasteiger charge is 2.22. The Hall–Kier alpha value is -0.830. The van der Waals surface area contributed by atoms with Crippen LogP contribution in [0.4, 0.5) is 0 Å². The fourth-order valence-electron chi connectivity index (χ4n) is 1.73. The number of carbonyl (C=O) groups excluding carboxylic acids is 1. The zero-order valence-corrected chi connectivity index (χ0v) is 7.83. The number of nitrogens with one attached hydrogen (secondary N) is 1. The van der Waals surface area contributed by atoms with Crippen LogP contribution in [-0.2, 0) is 4.79 Å². The number of aliphatic hydroxyl groups is 1. The molecule has 0 aliphatic heterocycles. The number of amides is 1. The first-order chi connectivity index (χ1) is 6.24. The van der Waals surface area contributed by atoms with Gasteiger partial charge in [-0.1, -0.05) is 19.4 Å². The van der Waals surface area contributed by atoms with Crippen LogP contribution in [0.25, 0.3) is 0 Å². The van der Waals surface area contributed by atoms with Crippen molar-refractivity contribution in [3.05, 3.63) is 12.7 Å². The third-order valence-electron chi connectivity index (χ3n) is 2.59. The van der Waals surface area contributed by atoms with Crippen LogP contribution in [-0.4, -0.2) is 23.7 Å². The number of carbonyl (C=O) groups is 1. The molecule has 3 heteroatoms. The van der Waals surface area contributed by atoms with Gasteiger partial charge in [0.1, 0.15) is 0 Å². The molecule has 1 amide bonds. The van der Waals surface area contributed by atoms with Crippen molar-refractivity contribution in [2.45, 2.75) is 31.8 Å². The van der Waals surface area contributed by atoms with Crippen LogP contribution in [0.1, 0.15) is 25.7 Å². The molecule has 0 bridgehead atoms. The third kappa shape index (κ3) is 3.19. The minimum absolute atomic E-state index is 0.155. The Morgan fingerprint density at radius 3 is 2.85 bits per heavy atom. The number of hydrogen-bond acceptors (Lipinski definition) is 2. The van der Waals surface area contributed by atoms with E-state index in [1.54, 1.807) is 0 Å². The first kappa shape index (κ1) is 10.3. The average molecular weight is 183 g/mol. The summed E-state index contributed by atoms with van der Waals surface area (Å²) in [6.07, 6.45) is 5.17. The van der Waals surface area contributed by atoms with Crippen LogP contribution in [0.15, 0.2) is 12.7 Å². The molecule has 13 heavy (non-hydrogen) atoms. The minimum Gasteiger partial charge on any atom is -0.393 e. The van der Waals surface area contributed by atoms with Crippen LogP contribution in [0, 0.1) is 5.92 Å². The summed E-state index contributed by atoms with van der Waals surface area (Å²) < 4.78 is 0. The summed E-state index contributed by atoms with van der Waals surface area (Å²) in [6.45, 7) is 3.94. The van der Waals surface area contributed by atoms with E-state index in [1.807, 2.05) is 0 Å². The molecule has 0 radical (unpaired) electrons. The van der Waals surface area contributed by atoms with Gasteiger partial charge < -0.3 is 10.4 Å². The van der Waals surface area contributed by atoms with Gasteiger partial charge in [-0.2, -0.15) is 0 Å². The molecular weight excluding hydrogens is 166 g/mol. The lowest BCUT2D eigenvalue weighted by Crippen LogP contribution is -2.35. The lowest BCUT2D eigenvalue weighted by atomic mass is 9.86. The predicted molar refractivity (Wildman–Crippen MR) is 51.2 cm³/mol. The van der Waals surface area contributed by atoms with Crippen LogP contribution < -0.4 is 5.32 Å². The van der Waals surface area contributed by atoms with Crippen molar-refractivity contribution in [3.63, 3.8) is 0 Å². The second-order valence-electron chi connectivity index (χ2n) is 3.56. The lowest BCUT2D eigenvalue weighted by molar-refractivity contribution is -0.116. The topological polar surface area (TPSA) is 49.3 Å². The van der Waals surface area contributed by atoms with E-state index in [2.05, 4.69) is 11.9 Å². The van der Waals surface area contributed by atoms with E-state index in [4.69, 9.17) is 0 Å². The van der Waals surface area contributed by atoms with E-state index in [0.717, 1.165) is 25.7 Å². The molecule has 0 aromatic heterocycles. The van der Waals surface area contributed by atoms with Gasteiger partial charge in [-0.15, -0.1) is 0 Å². The van der Waals surface area contributed by atoms with Crippen LogP contribution in [0.5, 0.6) is 0 Å². The molecule has 1 fully saturated rings. The highest BCUT2D eigenvalue weighted by molar-refractivity contribution is 5.86. The predicted octanol–water partition coefficient (Wildman–Crippen LogP) is 0.840. The molecule has 1 saturated carbocycles. The molecule has 0 aromatic rings. The Morgan fingerprint density at radius 1 is 1.54 bits per heavy atom. The van der Waals surface area contributed by atoms with Gasteiger partial charge in [0.25, 0.3) is 0 Å². The van der Waals surface area contributed by atoms with Crippen molar-refractivity contribution >= 4 is 5.91 Å². The number of hydrogen-bond donors (Lipinski definition) is 2. The first-order valence-corrected chi connectivity index (χ1v) is 4.82. The van der Waals surface area contributed by atoms with E-state index in [-0.39, 0.29) is 17.9 Å². The maximum absolute atomic E-state index is 10.9. The molecular formula is C10H17NO2. The molecule has 0 unspecified atom stereocenters. The second kappa shape index (κ2) is 5.02. The zero-order valence-electron chi connectivity index (χ0n) is 7.83. The van der Waals surface area contributed by atoms with E-state index in [9.17, 15) is 9.90 Å². The van der Waals surface area contributed by atoms with Crippen molar-refractivity contribution in [3.8, 4) is 0 Å². The molecule has 3 nitrogen and oxygen atoms in total. The fraction of sp³-hybridized carbons (Fsp3) is 0.700. The smallest absolute Gasteiger partial charge is 0.243 e. The van der Waals surface area contributed by atoms with Gasteiger partial charge in [0, 0.05) is 12.5 Å². The van der Waals surface area contributed by atoms with Gasteiger partial charge in [0.15, 0.2) is 0 Å². The SMILES string of the molecule is C=CC(=O)NC[C@@H]1CCCC[C@H]1O. The highest BCUT2D eigenvalue weighted by Crippen LogP contribution is 2.23.